The van der Waals surface area contributed by atoms with Gasteiger partial charge in [-0.2, -0.15) is 0 Å². The Hall–Kier alpha value is -3.22. The summed E-state index contributed by atoms with van der Waals surface area (Å²) in [6, 6.07) is 8.22. The van der Waals surface area contributed by atoms with E-state index in [1.165, 1.54) is 6.07 Å². The normalized spacial score (nSPS) is 17.7. The maximum atomic E-state index is 15.1. The number of amides is 1. The van der Waals surface area contributed by atoms with Crippen molar-refractivity contribution in [2.24, 2.45) is 0 Å². The molecule has 0 unspecified atom stereocenters. The van der Waals surface area contributed by atoms with Crippen LogP contribution in [0, 0.1) is 5.82 Å². The fourth-order valence-corrected chi connectivity index (χ4v) is 5.72. The summed E-state index contributed by atoms with van der Waals surface area (Å²) in [4.78, 5) is 39.4. The zero-order chi connectivity index (χ0) is 26.7. The molecule has 2 aliphatic rings. The van der Waals surface area contributed by atoms with Gasteiger partial charge in [0.1, 0.15) is 17.6 Å². The van der Waals surface area contributed by atoms with Crippen molar-refractivity contribution in [1.82, 2.24) is 4.90 Å². The van der Waals surface area contributed by atoms with Crippen molar-refractivity contribution >= 4 is 17.7 Å². The highest BCUT2D eigenvalue weighted by atomic mass is 19.1. The van der Waals surface area contributed by atoms with Gasteiger partial charge in [-0.15, -0.1) is 0 Å². The third-order valence-corrected chi connectivity index (χ3v) is 7.53. The first-order chi connectivity index (χ1) is 17.6. The summed E-state index contributed by atoms with van der Waals surface area (Å²) in [7, 11) is 0. The summed E-state index contributed by atoms with van der Waals surface area (Å²) in [5.74, 6) is -0.904. The number of hydrogen-bond acceptors (Lipinski definition) is 4. The van der Waals surface area contributed by atoms with E-state index in [-0.39, 0.29) is 48.6 Å². The van der Waals surface area contributed by atoms with E-state index in [2.05, 4.69) is 0 Å². The predicted molar refractivity (Wildman–Crippen MR) is 138 cm³/mol. The van der Waals surface area contributed by atoms with E-state index in [0.717, 1.165) is 47.3 Å². The van der Waals surface area contributed by atoms with Crippen LogP contribution in [0.15, 0.2) is 30.3 Å². The number of ether oxygens (including phenoxy) is 1. The number of rotatable bonds is 10. The van der Waals surface area contributed by atoms with Gasteiger partial charge in [0.05, 0.1) is 6.61 Å². The van der Waals surface area contributed by atoms with E-state index < -0.39 is 12.0 Å². The molecule has 37 heavy (non-hydrogen) atoms. The Morgan fingerprint density at radius 2 is 1.89 bits per heavy atom. The number of carboxylic acid groups (broad SMARTS) is 1. The molecule has 1 atom stereocenters. The summed E-state index contributed by atoms with van der Waals surface area (Å²) in [6.07, 6.45) is 3.30. The van der Waals surface area contributed by atoms with Gasteiger partial charge in [-0.3, -0.25) is 14.4 Å². The zero-order valence-electron chi connectivity index (χ0n) is 21.9. The molecule has 4 rings (SSSR count). The van der Waals surface area contributed by atoms with Crippen molar-refractivity contribution < 1.29 is 28.6 Å². The van der Waals surface area contributed by atoms with Crippen LogP contribution in [0.5, 0.6) is 5.75 Å². The lowest BCUT2D eigenvalue weighted by Crippen LogP contribution is -2.44. The molecule has 1 aliphatic heterocycles. The number of Topliss-reactive ketones (excluding diaryl/α,β-unsaturated/α-hetero) is 1. The number of aryl methyl sites for hydroxylation is 1. The third-order valence-electron chi connectivity index (χ3n) is 7.53. The van der Waals surface area contributed by atoms with Crippen LogP contribution in [0.1, 0.15) is 86.7 Å². The molecule has 2 aromatic carbocycles. The number of hydrogen-bond donors (Lipinski definition) is 1. The van der Waals surface area contributed by atoms with Crippen molar-refractivity contribution in [3.63, 3.8) is 0 Å². The van der Waals surface area contributed by atoms with E-state index in [9.17, 15) is 14.4 Å². The lowest BCUT2D eigenvalue weighted by molar-refractivity contribution is -0.141. The quantitative estimate of drug-likeness (QED) is 0.468. The Labute approximate surface area is 217 Å². The van der Waals surface area contributed by atoms with Crippen molar-refractivity contribution in [2.45, 2.75) is 83.6 Å². The van der Waals surface area contributed by atoms with Crippen LogP contribution in [0.3, 0.4) is 0 Å². The second-order valence-electron chi connectivity index (χ2n) is 10.8. The Balaban J connectivity index is 1.62. The molecule has 0 bridgehead atoms. The predicted octanol–water partition coefficient (Wildman–Crippen LogP) is 5.33. The van der Waals surface area contributed by atoms with E-state index in [1.54, 1.807) is 4.90 Å². The first-order valence-electron chi connectivity index (χ1n) is 13.2. The van der Waals surface area contributed by atoms with Gasteiger partial charge in [0.2, 0.25) is 5.91 Å². The summed E-state index contributed by atoms with van der Waals surface area (Å²) in [5.41, 5.74) is 3.81. The highest BCUT2D eigenvalue weighted by Crippen LogP contribution is 2.41. The van der Waals surface area contributed by atoms with Gasteiger partial charge in [-0.05, 0) is 83.5 Å². The van der Waals surface area contributed by atoms with Crippen molar-refractivity contribution in [2.75, 3.05) is 13.2 Å². The lowest BCUT2D eigenvalue weighted by Gasteiger charge is -2.37. The molecule has 6 nitrogen and oxygen atoms in total. The fourth-order valence-electron chi connectivity index (χ4n) is 5.72. The van der Waals surface area contributed by atoms with Gasteiger partial charge in [-0.25, -0.2) is 4.39 Å². The number of fused-ring (bicyclic) bond motifs is 2. The Bertz CT molecular complexity index is 1200. The van der Waals surface area contributed by atoms with Gasteiger partial charge in [0, 0.05) is 25.8 Å². The highest BCUT2D eigenvalue weighted by Gasteiger charge is 2.37. The molecule has 0 fully saturated rings. The average Bonchev–Trinajstić information content (AvgIpc) is 3.15. The first-order valence-corrected chi connectivity index (χ1v) is 13.2. The molecule has 7 heteroatoms. The van der Waals surface area contributed by atoms with Crippen LogP contribution in [0.4, 0.5) is 4.39 Å². The van der Waals surface area contributed by atoms with Crippen LogP contribution in [0.2, 0.25) is 0 Å². The third kappa shape index (κ3) is 5.86. The largest absolute Gasteiger partial charge is 0.494 e. The standard InChI is InChI=1S/C30H36FNO5/c1-4-14-37-22-8-9-23-20(18-22)11-13-32(26(34)6-5-7-27(35)36)29(23)25(33)17-19-15-21-10-12-30(2,3)28(21)24(31)16-19/h8-9,15-16,18,29H,4-7,10-14,17H2,1-3H3,(H,35,36)/t29-/m1/s1. The maximum absolute atomic E-state index is 15.1. The van der Waals surface area contributed by atoms with Crippen molar-refractivity contribution in [1.29, 1.82) is 0 Å². The minimum atomic E-state index is -0.953. The molecule has 1 N–H and O–H groups in total. The van der Waals surface area contributed by atoms with Crippen LogP contribution < -0.4 is 4.74 Å². The van der Waals surface area contributed by atoms with Gasteiger partial charge in [0.25, 0.3) is 0 Å². The van der Waals surface area contributed by atoms with Crippen molar-refractivity contribution in [3.8, 4) is 5.75 Å². The minimum Gasteiger partial charge on any atom is -0.494 e. The number of benzene rings is 2. The number of carboxylic acids is 1. The first kappa shape index (κ1) is 26.8. The molecule has 1 heterocycles. The topological polar surface area (TPSA) is 83.9 Å². The molecule has 2 aromatic rings. The monoisotopic (exact) mass is 509 g/mol. The summed E-state index contributed by atoms with van der Waals surface area (Å²) in [6.45, 7) is 7.06. The Kier molecular flexibility index (Phi) is 8.00. The van der Waals surface area contributed by atoms with Crippen LogP contribution in [0.25, 0.3) is 0 Å². The smallest absolute Gasteiger partial charge is 0.303 e. The molecule has 198 valence electrons. The SMILES string of the molecule is CCCOc1ccc2c(c1)CCN(C(=O)CCCC(=O)O)[C@H]2C(=O)Cc1cc(F)c2c(c1)CCC2(C)C. The fraction of sp³-hybridized carbons (Fsp3) is 0.500. The van der Waals surface area contributed by atoms with E-state index in [1.807, 2.05) is 45.0 Å². The van der Waals surface area contributed by atoms with E-state index in [4.69, 9.17) is 9.84 Å². The number of carbonyl (C=O) groups excluding carboxylic acids is 2. The molecular formula is C30H36FNO5. The van der Waals surface area contributed by atoms with Crippen LogP contribution >= 0.6 is 0 Å². The van der Waals surface area contributed by atoms with E-state index >= 15 is 4.39 Å². The number of aliphatic carboxylic acids is 1. The minimum absolute atomic E-state index is 0.0156. The molecule has 0 saturated heterocycles. The van der Waals surface area contributed by atoms with Gasteiger partial charge in [-0.1, -0.05) is 32.9 Å². The van der Waals surface area contributed by atoms with Gasteiger partial charge >= 0.3 is 5.97 Å². The van der Waals surface area contributed by atoms with Crippen LogP contribution in [-0.2, 0) is 39.1 Å². The second kappa shape index (κ2) is 11.0. The number of carbonyl (C=O) groups is 3. The molecule has 1 amide bonds. The highest BCUT2D eigenvalue weighted by molar-refractivity contribution is 5.92. The molecule has 0 saturated carbocycles. The zero-order valence-corrected chi connectivity index (χ0v) is 21.9. The number of ketones is 1. The number of nitrogens with zero attached hydrogens (tertiary/aromatic N) is 1. The summed E-state index contributed by atoms with van der Waals surface area (Å²) >= 11 is 0. The maximum Gasteiger partial charge on any atom is 0.303 e. The molecular weight excluding hydrogens is 473 g/mol. The van der Waals surface area contributed by atoms with Gasteiger partial charge in [0.15, 0.2) is 5.78 Å². The van der Waals surface area contributed by atoms with E-state index in [0.29, 0.717) is 25.1 Å². The lowest BCUT2D eigenvalue weighted by atomic mass is 9.84. The summed E-state index contributed by atoms with van der Waals surface area (Å²) in [5, 5.41) is 8.96. The second-order valence-corrected chi connectivity index (χ2v) is 10.8. The molecule has 0 aromatic heterocycles. The average molecular weight is 510 g/mol. The van der Waals surface area contributed by atoms with Crippen LogP contribution in [-0.4, -0.2) is 40.8 Å². The Morgan fingerprint density at radius 3 is 2.62 bits per heavy atom. The van der Waals surface area contributed by atoms with Gasteiger partial charge < -0.3 is 14.7 Å². The Morgan fingerprint density at radius 1 is 1.11 bits per heavy atom. The summed E-state index contributed by atoms with van der Waals surface area (Å²) < 4.78 is 20.9. The number of halogens is 1. The molecule has 1 aliphatic carbocycles. The molecule has 0 spiro atoms. The molecule has 0 radical (unpaired) electrons. The van der Waals surface area contributed by atoms with Crippen molar-refractivity contribution in [3.05, 3.63) is 64.0 Å².